The molecule has 2 aliphatic rings. The molecule has 0 radical (unpaired) electrons. The van der Waals surface area contributed by atoms with Crippen molar-refractivity contribution in [1.29, 1.82) is 0 Å². The first-order valence-corrected chi connectivity index (χ1v) is 11.3. The molecule has 1 aromatic heterocycles. The predicted octanol–water partition coefficient (Wildman–Crippen LogP) is 6.89. The molecule has 0 atom stereocenters. The molecule has 2 aromatic rings. The Kier molecular flexibility index (Phi) is 5.48. The Morgan fingerprint density at radius 1 is 1.10 bits per heavy atom. The van der Waals surface area contributed by atoms with Crippen molar-refractivity contribution in [3.63, 3.8) is 0 Å². The molecule has 3 nitrogen and oxygen atoms in total. The Morgan fingerprint density at radius 2 is 1.86 bits per heavy atom. The molecule has 152 valence electrons. The van der Waals surface area contributed by atoms with Crippen LogP contribution >= 0.6 is 11.8 Å². The van der Waals surface area contributed by atoms with Crippen LogP contribution in [0.2, 0.25) is 0 Å². The van der Waals surface area contributed by atoms with Gasteiger partial charge in [0.2, 0.25) is 0 Å². The van der Waals surface area contributed by atoms with Crippen LogP contribution in [-0.4, -0.2) is 12.1 Å². The zero-order chi connectivity index (χ0) is 20.7. The zero-order valence-electron chi connectivity index (χ0n) is 17.9. The Morgan fingerprint density at radius 3 is 2.59 bits per heavy atom. The minimum absolute atomic E-state index is 0.243. The average molecular weight is 408 g/mol. The number of benzene rings is 1. The molecular formula is C25H29NO2S. The molecule has 1 aromatic carbocycles. The van der Waals surface area contributed by atoms with Gasteiger partial charge in [-0.05, 0) is 82.6 Å². The van der Waals surface area contributed by atoms with Gasteiger partial charge in [-0.3, -0.25) is 0 Å². The topological polar surface area (TPSA) is 33.5 Å². The fourth-order valence-corrected chi connectivity index (χ4v) is 5.68. The van der Waals surface area contributed by atoms with Crippen molar-refractivity contribution in [2.75, 3.05) is 4.90 Å². The molecule has 0 fully saturated rings. The maximum atomic E-state index is 12.9. The number of allylic oxidation sites excluding steroid dienone is 5. The Bertz CT molecular complexity index is 1090. The van der Waals surface area contributed by atoms with Crippen LogP contribution in [0.1, 0.15) is 59.4 Å². The first-order valence-electron chi connectivity index (χ1n) is 10.5. The fourth-order valence-electron chi connectivity index (χ4n) is 4.44. The van der Waals surface area contributed by atoms with Crippen LogP contribution < -0.4 is 10.5 Å². The lowest BCUT2D eigenvalue weighted by molar-refractivity contribution is 0.557. The third-order valence-corrected chi connectivity index (χ3v) is 7.14. The summed E-state index contributed by atoms with van der Waals surface area (Å²) in [6, 6.07) is 8.97. The molecule has 0 saturated carbocycles. The molecule has 0 saturated heterocycles. The van der Waals surface area contributed by atoms with Gasteiger partial charge in [0.05, 0.1) is 5.56 Å². The van der Waals surface area contributed by atoms with Crippen molar-refractivity contribution in [3.05, 3.63) is 68.5 Å². The number of rotatable bonds is 4. The molecule has 0 N–H and O–H groups in total. The number of hydrogen-bond acceptors (Lipinski definition) is 4. The van der Waals surface area contributed by atoms with Crippen LogP contribution in [0.5, 0.6) is 0 Å². The van der Waals surface area contributed by atoms with Crippen molar-refractivity contribution in [2.45, 2.75) is 66.0 Å². The van der Waals surface area contributed by atoms with Crippen molar-refractivity contribution in [3.8, 4) is 0 Å². The Hall–Kier alpha value is -2.20. The van der Waals surface area contributed by atoms with Crippen molar-refractivity contribution in [2.24, 2.45) is 0 Å². The third-order valence-electron chi connectivity index (χ3n) is 5.66. The monoisotopic (exact) mass is 407 g/mol. The van der Waals surface area contributed by atoms with Crippen LogP contribution in [0, 0.1) is 0 Å². The number of fused-ring (bicyclic) bond motifs is 1. The average Bonchev–Trinajstić information content (AvgIpc) is 2.66. The summed E-state index contributed by atoms with van der Waals surface area (Å²) in [5.41, 5.74) is 4.84. The fraction of sp³-hybridized carbons (Fsp3) is 0.400. The smallest absolute Gasteiger partial charge is 0.344 e. The van der Waals surface area contributed by atoms with E-state index >= 15 is 0 Å². The van der Waals surface area contributed by atoms with Gasteiger partial charge in [0.25, 0.3) is 0 Å². The van der Waals surface area contributed by atoms with Gasteiger partial charge >= 0.3 is 5.63 Å². The van der Waals surface area contributed by atoms with Gasteiger partial charge in [0.15, 0.2) is 0 Å². The molecular weight excluding hydrogens is 378 g/mol. The minimum atomic E-state index is -0.243. The summed E-state index contributed by atoms with van der Waals surface area (Å²) in [5.74, 6) is 0. The Balaban J connectivity index is 1.74. The maximum Gasteiger partial charge on any atom is 0.344 e. The van der Waals surface area contributed by atoms with Crippen molar-refractivity contribution >= 4 is 33.3 Å². The van der Waals surface area contributed by atoms with E-state index in [-0.39, 0.29) is 5.63 Å². The molecule has 0 amide bonds. The first-order chi connectivity index (χ1) is 13.8. The van der Waals surface area contributed by atoms with E-state index in [0.29, 0.717) is 23.2 Å². The molecule has 4 heteroatoms. The van der Waals surface area contributed by atoms with Gasteiger partial charge in [0.1, 0.15) is 5.58 Å². The molecule has 2 heterocycles. The maximum absolute atomic E-state index is 12.9. The standard InChI is InChI=1S/C25H29NO2S/c1-15(2)26(16(3)4)20-11-10-18-13-21(25(27)28-22(18)14-20)24-17(5)12-19-8-6-7-9-23(19)29-24/h6,8,10-11,13-16H,7,9,12H2,1-5H3. The number of anilines is 1. The van der Waals surface area contributed by atoms with Gasteiger partial charge in [-0.25, -0.2) is 4.79 Å². The molecule has 1 aliphatic heterocycles. The normalized spacial score (nSPS) is 16.9. The molecule has 0 spiro atoms. The second-order valence-corrected chi connectivity index (χ2v) is 9.65. The van der Waals surface area contributed by atoms with Gasteiger partial charge in [0, 0.05) is 34.1 Å². The highest BCUT2D eigenvalue weighted by Crippen LogP contribution is 2.47. The number of hydrogen-bond donors (Lipinski definition) is 0. The van der Waals surface area contributed by atoms with Crippen LogP contribution in [-0.2, 0) is 0 Å². The summed E-state index contributed by atoms with van der Waals surface area (Å²) < 4.78 is 5.82. The third kappa shape index (κ3) is 3.83. The van der Waals surface area contributed by atoms with E-state index in [1.165, 1.54) is 16.1 Å². The lowest BCUT2D eigenvalue weighted by Crippen LogP contribution is -2.36. The van der Waals surface area contributed by atoms with Crippen molar-refractivity contribution < 1.29 is 4.42 Å². The second kappa shape index (κ2) is 7.91. The highest BCUT2D eigenvalue weighted by molar-refractivity contribution is 8.11. The van der Waals surface area contributed by atoms with E-state index in [1.54, 1.807) is 11.8 Å². The lowest BCUT2D eigenvalue weighted by atomic mass is 9.98. The molecule has 29 heavy (non-hydrogen) atoms. The lowest BCUT2D eigenvalue weighted by Gasteiger charge is -2.33. The van der Waals surface area contributed by atoms with E-state index in [2.05, 4.69) is 63.8 Å². The summed E-state index contributed by atoms with van der Waals surface area (Å²) in [6.07, 6.45) is 7.55. The molecule has 4 rings (SSSR count). The van der Waals surface area contributed by atoms with Crippen LogP contribution in [0.4, 0.5) is 5.69 Å². The van der Waals surface area contributed by atoms with E-state index in [9.17, 15) is 4.79 Å². The highest BCUT2D eigenvalue weighted by Gasteiger charge is 2.23. The Labute approximate surface area is 177 Å². The van der Waals surface area contributed by atoms with E-state index in [4.69, 9.17) is 4.42 Å². The van der Waals surface area contributed by atoms with Crippen LogP contribution in [0.3, 0.4) is 0 Å². The van der Waals surface area contributed by atoms with Crippen LogP contribution in [0.25, 0.3) is 15.9 Å². The summed E-state index contributed by atoms with van der Waals surface area (Å²) >= 11 is 1.75. The highest BCUT2D eigenvalue weighted by atomic mass is 32.2. The molecule has 0 unspecified atom stereocenters. The number of thioether (sulfide) groups is 1. The van der Waals surface area contributed by atoms with E-state index in [1.807, 2.05) is 12.1 Å². The summed E-state index contributed by atoms with van der Waals surface area (Å²) in [6.45, 7) is 10.9. The van der Waals surface area contributed by atoms with Crippen molar-refractivity contribution in [1.82, 2.24) is 0 Å². The summed E-state index contributed by atoms with van der Waals surface area (Å²) in [7, 11) is 0. The molecule has 1 aliphatic carbocycles. The minimum Gasteiger partial charge on any atom is -0.422 e. The van der Waals surface area contributed by atoms with E-state index in [0.717, 1.165) is 35.2 Å². The quantitative estimate of drug-likeness (QED) is 0.517. The van der Waals surface area contributed by atoms with Crippen LogP contribution in [0.15, 0.2) is 61.7 Å². The largest absolute Gasteiger partial charge is 0.422 e. The predicted molar refractivity (Wildman–Crippen MR) is 125 cm³/mol. The molecule has 0 bridgehead atoms. The number of nitrogens with zero attached hydrogens (tertiary/aromatic N) is 1. The van der Waals surface area contributed by atoms with Gasteiger partial charge in [-0.2, -0.15) is 0 Å². The first kappa shape index (κ1) is 20.1. The van der Waals surface area contributed by atoms with Gasteiger partial charge < -0.3 is 9.32 Å². The van der Waals surface area contributed by atoms with Gasteiger partial charge in [-0.1, -0.05) is 29.5 Å². The van der Waals surface area contributed by atoms with E-state index < -0.39 is 0 Å². The zero-order valence-corrected chi connectivity index (χ0v) is 18.7. The second-order valence-electron chi connectivity index (χ2n) is 8.54. The summed E-state index contributed by atoms with van der Waals surface area (Å²) in [5, 5.41) is 0.972. The SMILES string of the molecule is CC1=C(c2cc3ccc(N(C(C)C)C(C)C)cc3oc2=O)SC2=C(C=CCC2)C1. The van der Waals surface area contributed by atoms with Gasteiger partial charge in [-0.15, -0.1) is 0 Å². The summed E-state index contributed by atoms with van der Waals surface area (Å²) in [4.78, 5) is 17.7.